The number of aliphatic hydroxyl groups is 2. The topological polar surface area (TPSA) is 100 Å². The molecule has 186 valence electrons. The van der Waals surface area contributed by atoms with Gasteiger partial charge in [-0.3, -0.25) is 4.79 Å². The van der Waals surface area contributed by atoms with Gasteiger partial charge in [0.2, 0.25) is 0 Å². The maximum Gasteiger partial charge on any atom is 0.273 e. The third kappa shape index (κ3) is 6.05. The molecule has 2 aliphatic rings. The number of amidine groups is 1. The first kappa shape index (κ1) is 24.8. The van der Waals surface area contributed by atoms with E-state index in [0.29, 0.717) is 17.9 Å². The Morgan fingerprint density at radius 2 is 1.83 bits per heavy atom. The maximum absolute atomic E-state index is 13.2. The average molecular weight is 482 g/mol. The highest BCUT2D eigenvalue weighted by molar-refractivity contribution is 6.00. The summed E-state index contributed by atoms with van der Waals surface area (Å²) in [6.45, 7) is 3.89. The number of benzene rings is 2. The number of aliphatic imine (C=N–C) groups is 1. The van der Waals surface area contributed by atoms with Crippen LogP contribution in [0.3, 0.4) is 0 Å². The lowest BCUT2D eigenvalue weighted by Crippen LogP contribution is -2.49. The van der Waals surface area contributed by atoms with Crippen LogP contribution in [-0.2, 0) is 11.3 Å². The molecule has 8 nitrogen and oxygen atoms in total. The lowest BCUT2D eigenvalue weighted by atomic mass is 10.0. The van der Waals surface area contributed by atoms with Crippen molar-refractivity contribution in [2.45, 2.75) is 31.7 Å². The van der Waals surface area contributed by atoms with Crippen molar-refractivity contribution in [2.24, 2.45) is 4.99 Å². The van der Waals surface area contributed by atoms with E-state index >= 15 is 0 Å². The van der Waals surface area contributed by atoms with Crippen LogP contribution in [0, 0.1) is 5.82 Å². The molecule has 2 aromatic carbocycles. The van der Waals surface area contributed by atoms with Crippen LogP contribution in [0.25, 0.3) is 0 Å². The van der Waals surface area contributed by atoms with Crippen molar-refractivity contribution < 1.29 is 19.4 Å². The molecule has 1 amide bonds. The maximum atomic E-state index is 13.2. The number of aliphatic hydroxyl groups excluding tert-OH is 2. The molecule has 9 heteroatoms. The molecule has 2 heterocycles. The molecule has 0 radical (unpaired) electrons. The minimum atomic E-state index is -1.42. The molecular formula is C26H32FN5O3. The first-order valence-corrected chi connectivity index (χ1v) is 11.9. The van der Waals surface area contributed by atoms with Crippen LogP contribution >= 0.6 is 0 Å². The van der Waals surface area contributed by atoms with E-state index in [0.717, 1.165) is 25.2 Å². The van der Waals surface area contributed by atoms with Gasteiger partial charge in [0.25, 0.3) is 5.91 Å². The Hall–Kier alpha value is -3.27. The van der Waals surface area contributed by atoms with Crippen LogP contribution in [0.5, 0.6) is 0 Å². The summed E-state index contributed by atoms with van der Waals surface area (Å²) >= 11 is 0. The van der Waals surface area contributed by atoms with Crippen LogP contribution in [0.1, 0.15) is 30.0 Å². The third-order valence-corrected chi connectivity index (χ3v) is 6.39. The van der Waals surface area contributed by atoms with Crippen molar-refractivity contribution >= 4 is 11.7 Å². The van der Waals surface area contributed by atoms with E-state index in [1.165, 1.54) is 29.9 Å². The van der Waals surface area contributed by atoms with Crippen LogP contribution in [0.15, 0.2) is 71.0 Å². The van der Waals surface area contributed by atoms with Gasteiger partial charge in [-0.2, -0.15) is 0 Å². The first-order chi connectivity index (χ1) is 16.9. The van der Waals surface area contributed by atoms with Gasteiger partial charge in [0.05, 0.1) is 6.04 Å². The number of hydrogen-bond acceptors (Lipinski definition) is 7. The fourth-order valence-corrected chi connectivity index (χ4v) is 4.36. The normalized spacial score (nSPS) is 19.6. The number of nitrogens with one attached hydrogen (secondary N) is 2. The molecule has 0 spiro atoms. The lowest BCUT2D eigenvalue weighted by molar-refractivity contribution is -0.118. The monoisotopic (exact) mass is 481 g/mol. The third-order valence-electron chi connectivity index (χ3n) is 6.39. The Labute approximate surface area is 204 Å². The van der Waals surface area contributed by atoms with Crippen molar-refractivity contribution in [3.63, 3.8) is 0 Å². The summed E-state index contributed by atoms with van der Waals surface area (Å²) in [5, 5.41) is 27.5. The van der Waals surface area contributed by atoms with Gasteiger partial charge >= 0.3 is 0 Å². The van der Waals surface area contributed by atoms with Gasteiger partial charge in [0.1, 0.15) is 11.7 Å². The van der Waals surface area contributed by atoms with Crippen molar-refractivity contribution in [3.05, 3.63) is 83.0 Å². The van der Waals surface area contributed by atoms with Gasteiger partial charge in [-0.05, 0) is 49.2 Å². The summed E-state index contributed by atoms with van der Waals surface area (Å²) in [7, 11) is 1.63. The van der Waals surface area contributed by atoms with E-state index in [4.69, 9.17) is 0 Å². The number of carbonyl (C=O) groups excluding carboxylic acids is 1. The minimum absolute atomic E-state index is 0.128. The molecule has 4 rings (SSSR count). The Morgan fingerprint density at radius 1 is 1.14 bits per heavy atom. The van der Waals surface area contributed by atoms with Gasteiger partial charge < -0.3 is 30.6 Å². The lowest BCUT2D eigenvalue weighted by Gasteiger charge is -2.35. The summed E-state index contributed by atoms with van der Waals surface area (Å²) in [5.41, 5.74) is 1.39. The molecule has 35 heavy (non-hydrogen) atoms. The Balaban J connectivity index is 1.55. The van der Waals surface area contributed by atoms with Crippen molar-refractivity contribution in [1.29, 1.82) is 0 Å². The van der Waals surface area contributed by atoms with Crippen LogP contribution in [0.4, 0.5) is 4.39 Å². The van der Waals surface area contributed by atoms with Gasteiger partial charge in [0.15, 0.2) is 17.7 Å². The molecule has 0 bridgehead atoms. The average Bonchev–Trinajstić information content (AvgIpc) is 3.39. The van der Waals surface area contributed by atoms with E-state index in [1.807, 2.05) is 30.3 Å². The molecule has 4 N–H and O–H groups in total. The van der Waals surface area contributed by atoms with E-state index in [9.17, 15) is 19.4 Å². The second-order valence-electron chi connectivity index (χ2n) is 8.84. The molecule has 2 aliphatic heterocycles. The van der Waals surface area contributed by atoms with Crippen molar-refractivity contribution in [3.8, 4) is 0 Å². The predicted molar refractivity (Wildman–Crippen MR) is 132 cm³/mol. The highest BCUT2D eigenvalue weighted by atomic mass is 19.1. The van der Waals surface area contributed by atoms with Gasteiger partial charge in [-0.25, -0.2) is 9.38 Å². The van der Waals surface area contributed by atoms with E-state index in [1.54, 1.807) is 19.2 Å². The fraction of sp³-hybridized carbons (Fsp3) is 0.385. The molecule has 2 atom stereocenters. The standard InChI is InChI=1S/C26H32FN5O3/c1-31-24(21(19-7-3-2-4-8-19)28-13-16-32-14-5-6-15-32)30-22(23(33)26(31)35)25(34)29-17-18-9-11-20(27)12-10-18/h2-4,7-12,21,26,28,33,35H,5-6,13-17H2,1H3,(H,29,34). The number of halogens is 1. The molecule has 0 aliphatic carbocycles. The highest BCUT2D eigenvalue weighted by Crippen LogP contribution is 2.25. The summed E-state index contributed by atoms with van der Waals surface area (Å²) in [4.78, 5) is 21.3. The van der Waals surface area contributed by atoms with E-state index < -0.39 is 23.9 Å². The van der Waals surface area contributed by atoms with Gasteiger partial charge in [0, 0.05) is 26.7 Å². The van der Waals surface area contributed by atoms with E-state index in [2.05, 4.69) is 20.5 Å². The van der Waals surface area contributed by atoms with Crippen molar-refractivity contribution in [2.75, 3.05) is 33.2 Å². The van der Waals surface area contributed by atoms with E-state index in [-0.39, 0.29) is 18.1 Å². The molecule has 0 aromatic heterocycles. The molecular weight excluding hydrogens is 449 g/mol. The van der Waals surface area contributed by atoms with Crippen molar-refractivity contribution in [1.82, 2.24) is 20.4 Å². The molecule has 2 aromatic rings. The second kappa shape index (κ2) is 11.4. The Morgan fingerprint density at radius 3 is 2.51 bits per heavy atom. The first-order valence-electron chi connectivity index (χ1n) is 11.9. The number of amides is 1. The molecule has 1 fully saturated rings. The summed E-state index contributed by atoms with van der Waals surface area (Å²) < 4.78 is 13.2. The Kier molecular flexibility index (Phi) is 8.12. The zero-order valence-corrected chi connectivity index (χ0v) is 19.8. The number of likely N-dealkylation sites (N-methyl/N-ethyl adjacent to an activating group) is 1. The molecule has 2 unspecified atom stereocenters. The Bertz CT molecular complexity index is 1070. The van der Waals surface area contributed by atoms with Crippen LogP contribution in [-0.4, -0.2) is 71.2 Å². The number of rotatable bonds is 9. The molecule has 1 saturated heterocycles. The number of nitrogens with zero attached hydrogens (tertiary/aromatic N) is 3. The highest BCUT2D eigenvalue weighted by Gasteiger charge is 2.35. The minimum Gasteiger partial charge on any atom is -0.506 e. The van der Waals surface area contributed by atoms with Crippen LogP contribution < -0.4 is 10.6 Å². The summed E-state index contributed by atoms with van der Waals surface area (Å²) in [6.07, 6.45) is 1.01. The second-order valence-corrected chi connectivity index (χ2v) is 8.84. The fourth-order valence-electron chi connectivity index (χ4n) is 4.36. The SMILES string of the molecule is CN1C(C(NCCN2CCCC2)c2ccccc2)=NC(C(=O)NCc2ccc(F)cc2)=C(O)C1O. The zero-order valence-electron chi connectivity index (χ0n) is 19.8. The number of likely N-dealkylation sites (tertiary alicyclic amines) is 1. The zero-order chi connectivity index (χ0) is 24.8. The largest absolute Gasteiger partial charge is 0.506 e. The smallest absolute Gasteiger partial charge is 0.273 e. The van der Waals surface area contributed by atoms with Gasteiger partial charge in [-0.1, -0.05) is 42.5 Å². The van der Waals surface area contributed by atoms with Crippen LogP contribution in [0.2, 0.25) is 0 Å². The number of carbonyl (C=O) groups is 1. The van der Waals surface area contributed by atoms with Gasteiger partial charge in [-0.15, -0.1) is 0 Å². The summed E-state index contributed by atoms with van der Waals surface area (Å²) in [6, 6.07) is 15.1. The summed E-state index contributed by atoms with van der Waals surface area (Å²) in [5.74, 6) is -1.08. The number of hydrogen-bond donors (Lipinski definition) is 4. The predicted octanol–water partition coefficient (Wildman–Crippen LogP) is 2.30. The molecule has 0 saturated carbocycles. The quantitative estimate of drug-likeness (QED) is 0.439.